The number of likely N-dealkylation sites (N-methyl/N-ethyl adjacent to an activating group) is 1. The van der Waals surface area contributed by atoms with E-state index >= 15 is 0 Å². The average Bonchev–Trinajstić information content (AvgIpc) is 2.75. The number of nitrogens with two attached hydrogens (primary N) is 1. The number of primary amides is 1. The first-order valence-corrected chi connectivity index (χ1v) is 8.23. The van der Waals surface area contributed by atoms with Crippen molar-refractivity contribution in [3.63, 3.8) is 0 Å². The van der Waals surface area contributed by atoms with Crippen LogP contribution in [0.1, 0.15) is 41.6 Å². The van der Waals surface area contributed by atoms with Crippen LogP contribution in [0.2, 0.25) is 0 Å². The number of thiophene rings is 1. The van der Waals surface area contributed by atoms with E-state index in [9.17, 15) is 9.59 Å². The highest BCUT2D eigenvalue weighted by atomic mass is 32.1. The maximum atomic E-state index is 11.7. The molecule has 2 amide bonds. The van der Waals surface area contributed by atoms with E-state index in [1.807, 2.05) is 0 Å². The van der Waals surface area contributed by atoms with Crippen LogP contribution in [0.5, 0.6) is 0 Å². The third-order valence-corrected chi connectivity index (χ3v) is 5.41. The molecule has 1 aliphatic rings. The van der Waals surface area contributed by atoms with Gasteiger partial charge in [-0.2, -0.15) is 0 Å². The number of nitrogens with one attached hydrogen (secondary N) is 1. The molecule has 1 unspecified atom stereocenters. The molecule has 2 rings (SSSR count). The number of nitrogens with zero attached hydrogens (tertiary/aromatic N) is 1. The van der Waals surface area contributed by atoms with E-state index in [1.165, 1.54) is 16.2 Å². The van der Waals surface area contributed by atoms with Crippen LogP contribution in [-0.2, 0) is 17.8 Å². The van der Waals surface area contributed by atoms with E-state index in [1.54, 1.807) is 0 Å². The van der Waals surface area contributed by atoms with Crippen LogP contribution in [0.3, 0.4) is 0 Å². The number of quaternary nitrogens is 1. The molecule has 0 saturated heterocycles. The summed E-state index contributed by atoms with van der Waals surface area (Å²) in [6, 6.07) is 0. The highest BCUT2D eigenvalue weighted by molar-refractivity contribution is 7.16. The molecular formula is C15H24N3O2S+. The van der Waals surface area contributed by atoms with Crippen LogP contribution in [0.4, 0.5) is 5.00 Å². The van der Waals surface area contributed by atoms with E-state index in [2.05, 4.69) is 26.1 Å². The molecule has 2 heterocycles. The van der Waals surface area contributed by atoms with Crippen molar-refractivity contribution in [2.24, 2.45) is 11.7 Å². The molecule has 3 N–H and O–H groups in total. The standard InChI is InChI=1S/C15H23N3O2S/c1-4-18(7-10(2)3)6-5-11-12(8-18)21-15(17-9-19)13(11)14(16)20/h9-10H,4-8H2,1-3H3,(H2-,16,17,19,20)/p+1. The van der Waals surface area contributed by atoms with Crippen LogP contribution in [0.15, 0.2) is 0 Å². The van der Waals surface area contributed by atoms with Crippen molar-refractivity contribution < 1.29 is 14.1 Å². The molecule has 21 heavy (non-hydrogen) atoms. The van der Waals surface area contributed by atoms with Gasteiger partial charge in [0.1, 0.15) is 11.5 Å². The monoisotopic (exact) mass is 310 g/mol. The van der Waals surface area contributed by atoms with Crippen LogP contribution in [-0.4, -0.2) is 36.4 Å². The molecule has 5 nitrogen and oxygen atoms in total. The Morgan fingerprint density at radius 3 is 2.76 bits per heavy atom. The molecule has 116 valence electrons. The van der Waals surface area contributed by atoms with Gasteiger partial charge >= 0.3 is 0 Å². The van der Waals surface area contributed by atoms with E-state index in [4.69, 9.17) is 5.73 Å². The topological polar surface area (TPSA) is 72.2 Å². The SMILES string of the molecule is CC[N+]1(CC(C)C)CCc2c(sc(NC=O)c2C(N)=O)C1. The summed E-state index contributed by atoms with van der Waals surface area (Å²) >= 11 is 1.50. The average molecular weight is 310 g/mol. The summed E-state index contributed by atoms with van der Waals surface area (Å²) in [4.78, 5) is 23.6. The second kappa shape index (κ2) is 6.15. The van der Waals surface area contributed by atoms with Gasteiger partial charge in [0.05, 0.1) is 30.1 Å². The number of amides is 2. The Balaban J connectivity index is 2.39. The van der Waals surface area contributed by atoms with Gasteiger partial charge in [-0.25, -0.2) is 0 Å². The van der Waals surface area contributed by atoms with E-state index in [0.717, 1.165) is 42.6 Å². The van der Waals surface area contributed by atoms with Gasteiger partial charge in [-0.3, -0.25) is 9.59 Å². The second-order valence-electron chi connectivity index (χ2n) is 6.20. The minimum atomic E-state index is -0.447. The van der Waals surface area contributed by atoms with Gasteiger partial charge in [-0.05, 0) is 12.5 Å². The Morgan fingerprint density at radius 2 is 2.24 bits per heavy atom. The molecule has 0 aromatic carbocycles. The maximum Gasteiger partial charge on any atom is 0.252 e. The quantitative estimate of drug-likeness (QED) is 0.623. The summed E-state index contributed by atoms with van der Waals surface area (Å²) in [6.45, 7) is 10.9. The summed E-state index contributed by atoms with van der Waals surface area (Å²) < 4.78 is 1.05. The van der Waals surface area contributed by atoms with Crippen LogP contribution < -0.4 is 11.1 Å². The third-order valence-electron chi connectivity index (χ3n) is 4.27. The highest BCUT2D eigenvalue weighted by Crippen LogP contribution is 2.39. The molecule has 1 aliphatic heterocycles. The van der Waals surface area contributed by atoms with Gasteiger partial charge in [0.15, 0.2) is 0 Å². The molecule has 1 aromatic rings. The fourth-order valence-corrected chi connectivity index (χ4v) is 4.73. The van der Waals surface area contributed by atoms with Crippen LogP contribution in [0.25, 0.3) is 0 Å². The van der Waals surface area contributed by atoms with Gasteiger partial charge in [-0.1, -0.05) is 13.8 Å². The molecule has 0 saturated carbocycles. The van der Waals surface area contributed by atoms with Crippen molar-refractivity contribution in [3.8, 4) is 0 Å². The van der Waals surface area contributed by atoms with Crippen molar-refractivity contribution in [2.75, 3.05) is 25.0 Å². The van der Waals surface area contributed by atoms with E-state index < -0.39 is 5.91 Å². The molecule has 0 radical (unpaired) electrons. The Kier molecular flexibility index (Phi) is 4.68. The fourth-order valence-electron chi connectivity index (χ4n) is 3.38. The largest absolute Gasteiger partial charge is 0.365 e. The summed E-state index contributed by atoms with van der Waals surface area (Å²) in [5.74, 6) is 0.187. The molecule has 1 atom stereocenters. The fraction of sp³-hybridized carbons (Fsp3) is 0.600. The Bertz CT molecular complexity index is 553. The predicted octanol–water partition coefficient (Wildman–Crippen LogP) is 1.96. The minimum Gasteiger partial charge on any atom is -0.365 e. The summed E-state index contributed by atoms with van der Waals surface area (Å²) in [7, 11) is 0. The lowest BCUT2D eigenvalue weighted by atomic mass is 9.99. The molecule has 6 heteroatoms. The lowest BCUT2D eigenvalue weighted by Crippen LogP contribution is -2.52. The number of hydrogen-bond donors (Lipinski definition) is 2. The molecule has 0 fully saturated rings. The summed E-state index contributed by atoms with van der Waals surface area (Å²) in [5.41, 5.74) is 7.06. The zero-order valence-electron chi connectivity index (χ0n) is 12.9. The number of rotatable bonds is 6. The molecule has 0 bridgehead atoms. The zero-order valence-corrected chi connectivity index (χ0v) is 13.8. The number of carbonyl (C=O) groups excluding carboxylic acids is 2. The first-order chi connectivity index (χ1) is 9.92. The van der Waals surface area contributed by atoms with Gasteiger partial charge in [0.25, 0.3) is 5.91 Å². The number of carbonyl (C=O) groups is 2. The van der Waals surface area contributed by atoms with Gasteiger partial charge in [-0.15, -0.1) is 11.3 Å². The molecular weight excluding hydrogens is 286 g/mol. The van der Waals surface area contributed by atoms with Crippen LogP contribution in [0, 0.1) is 5.92 Å². The van der Waals surface area contributed by atoms with Crippen molar-refractivity contribution in [1.82, 2.24) is 0 Å². The highest BCUT2D eigenvalue weighted by Gasteiger charge is 2.36. The third kappa shape index (κ3) is 3.11. The van der Waals surface area contributed by atoms with Crippen LogP contribution >= 0.6 is 11.3 Å². The van der Waals surface area contributed by atoms with Crippen molar-refractivity contribution in [2.45, 2.75) is 33.7 Å². The summed E-state index contributed by atoms with van der Waals surface area (Å²) in [6.07, 6.45) is 1.46. The number of hydrogen-bond acceptors (Lipinski definition) is 3. The summed E-state index contributed by atoms with van der Waals surface area (Å²) in [5, 5.41) is 3.23. The van der Waals surface area contributed by atoms with Crippen molar-refractivity contribution in [1.29, 1.82) is 0 Å². The Hall–Kier alpha value is -1.40. The number of anilines is 1. The Morgan fingerprint density at radius 1 is 1.52 bits per heavy atom. The lowest BCUT2D eigenvalue weighted by molar-refractivity contribution is -0.943. The maximum absolute atomic E-state index is 11.7. The normalized spacial score (nSPS) is 21.1. The molecule has 1 aromatic heterocycles. The van der Waals surface area contributed by atoms with Crippen molar-refractivity contribution >= 4 is 28.7 Å². The minimum absolute atomic E-state index is 0.447. The zero-order chi connectivity index (χ0) is 15.6. The first-order valence-electron chi connectivity index (χ1n) is 7.42. The van der Waals surface area contributed by atoms with Gasteiger partial charge in [0.2, 0.25) is 6.41 Å². The predicted molar refractivity (Wildman–Crippen MR) is 85.3 cm³/mol. The second-order valence-corrected chi connectivity index (χ2v) is 7.31. The van der Waals surface area contributed by atoms with Gasteiger partial charge in [0, 0.05) is 12.3 Å². The number of fused-ring (bicyclic) bond motifs is 1. The lowest BCUT2D eigenvalue weighted by Gasteiger charge is -2.41. The molecule has 0 aliphatic carbocycles. The molecule has 0 spiro atoms. The van der Waals surface area contributed by atoms with E-state index in [-0.39, 0.29) is 0 Å². The first kappa shape index (κ1) is 16.0. The van der Waals surface area contributed by atoms with E-state index in [0.29, 0.717) is 22.9 Å². The Labute approximate surface area is 129 Å². The smallest absolute Gasteiger partial charge is 0.252 e. The van der Waals surface area contributed by atoms with Crippen molar-refractivity contribution in [3.05, 3.63) is 16.0 Å². The van der Waals surface area contributed by atoms with Gasteiger partial charge < -0.3 is 15.5 Å².